The average molecular weight is 601 g/mol. The van der Waals surface area contributed by atoms with Crippen LogP contribution in [-0.4, -0.2) is 61.9 Å². The quantitative estimate of drug-likeness (QED) is 0.0988. The summed E-state index contributed by atoms with van der Waals surface area (Å²) in [7, 11) is 0. The van der Waals surface area contributed by atoms with E-state index in [0.717, 1.165) is 19.4 Å². The number of carbonyl (C=O) groups excluding carboxylic acids is 3. The van der Waals surface area contributed by atoms with Gasteiger partial charge in [-0.25, -0.2) is 0 Å². The van der Waals surface area contributed by atoms with Crippen molar-refractivity contribution in [3.8, 4) is 0 Å². The summed E-state index contributed by atoms with van der Waals surface area (Å²) in [6.07, 6.45) is -3.58. The van der Waals surface area contributed by atoms with Gasteiger partial charge < -0.3 is 23.7 Å². The molecule has 0 saturated carbocycles. The van der Waals surface area contributed by atoms with Crippen molar-refractivity contribution in [2.45, 2.75) is 140 Å². The van der Waals surface area contributed by atoms with Gasteiger partial charge in [0.25, 0.3) is 0 Å². The molecule has 1 heterocycles. The minimum absolute atomic E-state index is 0.125. The van der Waals surface area contributed by atoms with E-state index in [0.29, 0.717) is 13.0 Å². The van der Waals surface area contributed by atoms with Crippen LogP contribution in [0, 0.1) is 16.2 Å². The molecule has 1 aliphatic heterocycles. The molecule has 0 aliphatic carbocycles. The van der Waals surface area contributed by atoms with Gasteiger partial charge in [0.1, 0.15) is 12.7 Å². The summed E-state index contributed by atoms with van der Waals surface area (Å²) in [4.78, 5) is 34.2. The molecule has 0 aromatic heterocycles. The van der Waals surface area contributed by atoms with Crippen LogP contribution in [0.15, 0.2) is 0 Å². The van der Waals surface area contributed by atoms with Gasteiger partial charge in [-0.2, -0.15) is 13.2 Å². The molecule has 0 aromatic rings. The topological polar surface area (TPSA) is 101 Å². The summed E-state index contributed by atoms with van der Waals surface area (Å²) >= 11 is 0. The van der Waals surface area contributed by atoms with Crippen LogP contribution in [0.5, 0.6) is 0 Å². The second-order valence-corrected chi connectivity index (χ2v) is 13.0. The summed E-state index contributed by atoms with van der Waals surface area (Å²) in [5, 5.41) is 0. The lowest BCUT2D eigenvalue weighted by atomic mass is 9.91. The highest BCUT2D eigenvalue weighted by molar-refractivity contribution is 5.76. The van der Waals surface area contributed by atoms with Crippen molar-refractivity contribution < 1.29 is 51.2 Å². The van der Waals surface area contributed by atoms with E-state index < -0.39 is 42.3 Å². The molecule has 1 fully saturated rings. The molecule has 2 unspecified atom stereocenters. The summed E-state index contributed by atoms with van der Waals surface area (Å²) in [6, 6.07) is 0. The van der Waals surface area contributed by atoms with Crippen molar-refractivity contribution in [3.63, 3.8) is 0 Å². The highest BCUT2D eigenvalue weighted by Gasteiger charge is 2.32. The third kappa shape index (κ3) is 20.6. The number of hydrogen-bond acceptors (Lipinski definition) is 8. The standard InChI is InChI=1S/C12H24O3.C9H15F3O2.C9H16O3/c1-8-12(6,7)10(13)14-9(2)15-11(3,4)5;1-4-8(2,3)7(13)14-6-5-9(10,11)12;1-4-9(2,3)8(10)12-6-7-5-11-7/h9H,8H2,1-7H3;4-6H2,1-3H3;7H,4-6H2,1-3H3. The van der Waals surface area contributed by atoms with Crippen LogP contribution in [0.4, 0.5) is 13.2 Å². The normalized spacial score (nSPS) is 16.2. The monoisotopic (exact) mass is 600 g/mol. The van der Waals surface area contributed by atoms with Gasteiger partial charge in [-0.15, -0.1) is 0 Å². The predicted molar refractivity (Wildman–Crippen MR) is 151 cm³/mol. The third-order valence-electron chi connectivity index (χ3n) is 6.52. The molecule has 2 atom stereocenters. The molecule has 1 rings (SSSR count). The van der Waals surface area contributed by atoms with E-state index in [4.69, 9.17) is 18.9 Å². The molecule has 11 heteroatoms. The molecule has 0 N–H and O–H groups in total. The van der Waals surface area contributed by atoms with Crippen LogP contribution >= 0.6 is 0 Å². The second kappa shape index (κ2) is 17.3. The number of rotatable bonds is 12. The van der Waals surface area contributed by atoms with Crippen LogP contribution in [0.2, 0.25) is 0 Å². The number of esters is 3. The molecule has 0 bridgehead atoms. The van der Waals surface area contributed by atoms with E-state index in [-0.39, 0.29) is 29.1 Å². The molecular formula is C30H55F3O8. The number of alkyl halides is 3. The third-order valence-corrected chi connectivity index (χ3v) is 6.52. The Morgan fingerprint density at radius 2 is 1.15 bits per heavy atom. The molecule has 0 amide bonds. The Labute approximate surface area is 245 Å². The molecule has 0 aromatic carbocycles. The first kappa shape index (κ1) is 41.3. The molecule has 0 radical (unpaired) electrons. The zero-order valence-electron chi connectivity index (χ0n) is 27.5. The maximum atomic E-state index is 11.7. The Morgan fingerprint density at radius 1 is 0.756 bits per heavy atom. The second-order valence-electron chi connectivity index (χ2n) is 13.0. The van der Waals surface area contributed by atoms with Crippen molar-refractivity contribution in [2.24, 2.45) is 16.2 Å². The molecule has 244 valence electrons. The summed E-state index contributed by atoms with van der Waals surface area (Å²) in [5.74, 6) is -0.911. The van der Waals surface area contributed by atoms with Crippen LogP contribution in [0.1, 0.15) is 116 Å². The fourth-order valence-corrected chi connectivity index (χ4v) is 2.25. The zero-order chi connectivity index (χ0) is 32.9. The molecule has 8 nitrogen and oxygen atoms in total. The summed E-state index contributed by atoms with van der Waals surface area (Å²) in [5.41, 5.74) is -1.79. The lowest BCUT2D eigenvalue weighted by Crippen LogP contribution is -2.34. The number of halogens is 3. The van der Waals surface area contributed by atoms with Crippen LogP contribution in [-0.2, 0) is 38.1 Å². The Morgan fingerprint density at radius 3 is 1.49 bits per heavy atom. The SMILES string of the molecule is CCC(C)(C)C(=O)OC(C)OC(C)(C)C.CCC(C)(C)C(=O)OCC1CO1.CCC(C)(C)C(=O)OCCC(F)(F)F. The van der Waals surface area contributed by atoms with Crippen LogP contribution in [0.3, 0.4) is 0 Å². The maximum Gasteiger partial charge on any atom is 0.392 e. The number of epoxide rings is 1. The van der Waals surface area contributed by atoms with Crippen molar-refractivity contribution in [3.05, 3.63) is 0 Å². The van der Waals surface area contributed by atoms with Crippen molar-refractivity contribution >= 4 is 17.9 Å². The zero-order valence-corrected chi connectivity index (χ0v) is 27.5. The lowest BCUT2D eigenvalue weighted by Gasteiger charge is -2.28. The van der Waals surface area contributed by atoms with Crippen molar-refractivity contribution in [1.82, 2.24) is 0 Å². The van der Waals surface area contributed by atoms with E-state index >= 15 is 0 Å². The van der Waals surface area contributed by atoms with Gasteiger partial charge in [0, 0.05) is 0 Å². The number of carbonyl (C=O) groups is 3. The first-order chi connectivity index (χ1) is 18.3. The summed E-state index contributed by atoms with van der Waals surface area (Å²) < 4.78 is 60.3. The lowest BCUT2D eigenvalue weighted by molar-refractivity contribution is -0.205. The van der Waals surface area contributed by atoms with Gasteiger partial charge in [-0.3, -0.25) is 14.4 Å². The Balaban J connectivity index is 0. The minimum Gasteiger partial charge on any atom is -0.465 e. The Hall–Kier alpha value is -1.88. The molecule has 1 saturated heterocycles. The summed E-state index contributed by atoms with van der Waals surface area (Å²) in [6.45, 7) is 24.7. The van der Waals surface area contributed by atoms with Crippen LogP contribution in [0.25, 0.3) is 0 Å². The molecular weight excluding hydrogens is 545 g/mol. The minimum atomic E-state index is -4.27. The number of ether oxygens (including phenoxy) is 5. The molecule has 1 aliphatic rings. The van der Waals surface area contributed by atoms with Gasteiger partial charge in [-0.1, -0.05) is 20.8 Å². The van der Waals surface area contributed by atoms with Crippen molar-refractivity contribution in [2.75, 3.05) is 19.8 Å². The highest BCUT2D eigenvalue weighted by Crippen LogP contribution is 2.25. The van der Waals surface area contributed by atoms with Crippen LogP contribution < -0.4 is 0 Å². The first-order valence-electron chi connectivity index (χ1n) is 14.2. The van der Waals surface area contributed by atoms with Gasteiger partial charge in [0.2, 0.25) is 6.29 Å². The smallest absolute Gasteiger partial charge is 0.392 e. The fraction of sp³-hybridized carbons (Fsp3) is 0.900. The van der Waals surface area contributed by atoms with E-state index in [1.54, 1.807) is 27.7 Å². The van der Waals surface area contributed by atoms with Gasteiger partial charge >= 0.3 is 24.1 Å². The Kier molecular flexibility index (Phi) is 17.4. The maximum absolute atomic E-state index is 11.7. The average Bonchev–Trinajstić information content (AvgIpc) is 3.65. The van der Waals surface area contributed by atoms with Gasteiger partial charge in [0.15, 0.2) is 0 Å². The largest absolute Gasteiger partial charge is 0.465 e. The Bertz CT molecular complexity index is 795. The van der Waals surface area contributed by atoms with Crippen molar-refractivity contribution in [1.29, 1.82) is 0 Å². The fourth-order valence-electron chi connectivity index (χ4n) is 2.25. The van der Waals surface area contributed by atoms with Gasteiger partial charge in [-0.05, 0) is 88.5 Å². The highest BCUT2D eigenvalue weighted by atomic mass is 19.4. The number of hydrogen-bond donors (Lipinski definition) is 0. The van der Waals surface area contributed by atoms with E-state index in [2.05, 4.69) is 4.74 Å². The van der Waals surface area contributed by atoms with E-state index in [9.17, 15) is 27.6 Å². The molecule has 0 spiro atoms. The molecule has 41 heavy (non-hydrogen) atoms. The van der Waals surface area contributed by atoms with E-state index in [1.807, 2.05) is 62.3 Å². The van der Waals surface area contributed by atoms with Gasteiger partial charge in [0.05, 0.1) is 41.5 Å². The predicted octanol–water partition coefficient (Wildman–Crippen LogP) is 7.41. The first-order valence-corrected chi connectivity index (χ1v) is 14.2. The van der Waals surface area contributed by atoms with E-state index in [1.165, 1.54) is 0 Å².